The van der Waals surface area contributed by atoms with E-state index in [2.05, 4.69) is 99.0 Å². The minimum atomic E-state index is 0.0453. The Morgan fingerprint density at radius 1 is 0.919 bits per heavy atom. The quantitative estimate of drug-likeness (QED) is 0.0673. The Balaban J connectivity index is 0.000000646. The molecule has 3 aliphatic heterocycles. The summed E-state index contributed by atoms with van der Waals surface area (Å²) in [6.45, 7) is 30.0. The van der Waals surface area contributed by atoms with Crippen LogP contribution in [0.15, 0.2) is 77.6 Å². The van der Waals surface area contributed by atoms with Gasteiger partial charge in [0.1, 0.15) is 17.4 Å². The van der Waals surface area contributed by atoms with Crippen LogP contribution in [-0.2, 0) is 9.59 Å². The van der Waals surface area contributed by atoms with E-state index in [9.17, 15) is 14.4 Å². The van der Waals surface area contributed by atoms with E-state index in [1.807, 2.05) is 39.2 Å². The van der Waals surface area contributed by atoms with Gasteiger partial charge in [0.05, 0.1) is 23.3 Å². The van der Waals surface area contributed by atoms with Gasteiger partial charge in [-0.15, -0.1) is 0 Å². The number of benzene rings is 2. The molecule has 0 aliphatic carbocycles. The second kappa shape index (κ2) is 22.1. The number of piperidine rings is 1. The first-order chi connectivity index (χ1) is 29.6. The predicted molar refractivity (Wildman–Crippen MR) is 261 cm³/mol. The number of Topliss-reactive ketones (excluding diaryl/α,β-unsaturated/α-hetero) is 3. The molecule has 1 unspecified atom stereocenters. The molecule has 3 aliphatic rings. The van der Waals surface area contributed by atoms with Crippen molar-refractivity contribution in [3.63, 3.8) is 0 Å². The molecule has 1 atom stereocenters. The Bertz CT molecular complexity index is 2170. The fourth-order valence-electron chi connectivity index (χ4n) is 8.15. The minimum absolute atomic E-state index is 0.0453. The summed E-state index contributed by atoms with van der Waals surface area (Å²) in [4.78, 5) is 52.4. The van der Waals surface area contributed by atoms with Crippen LogP contribution in [0.25, 0.3) is 0 Å². The van der Waals surface area contributed by atoms with Crippen LogP contribution in [0.4, 0.5) is 28.4 Å². The van der Waals surface area contributed by atoms with Gasteiger partial charge in [0.2, 0.25) is 0 Å². The number of hydrogen-bond donors (Lipinski definition) is 2. The van der Waals surface area contributed by atoms with E-state index in [0.29, 0.717) is 29.9 Å². The number of piperazine rings is 1. The molecule has 0 saturated carbocycles. The number of nitrogens with one attached hydrogen (secondary N) is 2. The van der Waals surface area contributed by atoms with Crippen molar-refractivity contribution in [3.05, 3.63) is 95.0 Å². The molecule has 11 nitrogen and oxygen atoms in total. The third kappa shape index (κ3) is 12.6. The van der Waals surface area contributed by atoms with E-state index in [0.717, 1.165) is 111 Å². The zero-order valence-corrected chi connectivity index (χ0v) is 38.7. The van der Waals surface area contributed by atoms with Gasteiger partial charge in [0.25, 0.3) is 0 Å². The Labute approximate surface area is 371 Å². The number of carbonyl (C=O) groups is 3. The zero-order chi connectivity index (χ0) is 45.1. The third-order valence-corrected chi connectivity index (χ3v) is 12.3. The summed E-state index contributed by atoms with van der Waals surface area (Å²) in [7, 11) is 6.11. The number of carbonyl (C=O) groups excluding carboxylic acids is 3. The molecule has 2 aromatic carbocycles. The van der Waals surface area contributed by atoms with E-state index < -0.39 is 0 Å². The van der Waals surface area contributed by atoms with Crippen molar-refractivity contribution in [2.75, 3.05) is 84.2 Å². The first-order valence-corrected chi connectivity index (χ1v) is 22.3. The summed E-state index contributed by atoms with van der Waals surface area (Å²) in [6.07, 6.45) is 7.18. The summed E-state index contributed by atoms with van der Waals surface area (Å²) in [5.74, 6) is 1.27. The van der Waals surface area contributed by atoms with Crippen LogP contribution in [0.3, 0.4) is 0 Å². The molecule has 3 saturated heterocycles. The van der Waals surface area contributed by atoms with Crippen LogP contribution in [-0.4, -0.2) is 111 Å². The Hall–Kier alpha value is -5.36. The molecule has 329 valence electrons. The Morgan fingerprint density at radius 2 is 1.60 bits per heavy atom. The number of aromatic nitrogens is 1. The third-order valence-electron chi connectivity index (χ3n) is 12.3. The van der Waals surface area contributed by atoms with Crippen molar-refractivity contribution < 1.29 is 14.4 Å². The molecule has 3 fully saturated rings. The van der Waals surface area contributed by atoms with E-state index in [-0.39, 0.29) is 23.3 Å². The van der Waals surface area contributed by atoms with Gasteiger partial charge in [0.15, 0.2) is 0 Å². The molecule has 0 bridgehead atoms. The van der Waals surface area contributed by atoms with Gasteiger partial charge in [-0.3, -0.25) is 9.78 Å². The van der Waals surface area contributed by atoms with Gasteiger partial charge in [-0.25, -0.2) is 4.99 Å². The number of amidine groups is 1. The average Bonchev–Trinajstić information content (AvgIpc) is 3.22. The number of nitrogens with zero attached hydrogens (tertiary/aromatic N) is 6. The number of ketones is 3. The summed E-state index contributed by atoms with van der Waals surface area (Å²) in [5, 5.41) is 7.02. The summed E-state index contributed by atoms with van der Waals surface area (Å²) < 4.78 is 0. The summed E-state index contributed by atoms with van der Waals surface area (Å²) in [5.41, 5.74) is 12.5. The van der Waals surface area contributed by atoms with Crippen molar-refractivity contribution >= 4 is 64.6 Å². The maximum atomic E-state index is 12.0. The number of aliphatic imine (C=N–C) groups is 1. The van der Waals surface area contributed by atoms with Gasteiger partial charge >= 0.3 is 138 Å². The van der Waals surface area contributed by atoms with Crippen LogP contribution >= 0.6 is 0 Å². The number of anilines is 5. The SMILES string of the molecule is CC(=O)CCC(C)C(C)=O.[B]=C(C)c1cc(N2CC(N3CCN(c4ccc(NC(C)=N/C=C5/CCN(c6cnc(C)c(NCCC)c6C)CC5=C)cc4)CC3)C2)ccc1C(C)=O. The molecule has 1 radical (unpaired) electrons. The van der Waals surface area contributed by atoms with E-state index in [1.54, 1.807) is 20.8 Å². The van der Waals surface area contributed by atoms with E-state index in [1.165, 1.54) is 22.5 Å². The molecule has 12 heteroatoms. The van der Waals surface area contributed by atoms with Gasteiger partial charge in [-0.2, -0.15) is 0 Å². The molecule has 3 aromatic rings. The van der Waals surface area contributed by atoms with Crippen molar-refractivity contribution in [3.8, 4) is 0 Å². The first-order valence-electron chi connectivity index (χ1n) is 22.3. The van der Waals surface area contributed by atoms with Crippen LogP contribution < -0.4 is 25.3 Å². The monoisotopic (exact) mass is 840 g/mol. The molecule has 62 heavy (non-hydrogen) atoms. The molecule has 0 spiro atoms. The van der Waals surface area contributed by atoms with Gasteiger partial charge < -0.3 is 20.3 Å². The standard InChI is InChI=1S/C42H54BN8O.C8H14O2/c1-8-16-44-42-29(3)41(24-45-31(42)5)50-17-15-34(28(2)25-50)23-46-33(7)47-35-9-11-36(12-10-35)48-18-20-49(21-19-48)38-26-51(27-38)37-13-14-39(32(6)52)40(22-37)30(4)43;1-6(8(3)10)4-5-7(2)9/h9-14,22-24,38,44H,2,8,15-21,25-27H2,1,3-7H3,(H,46,47);6H,4-5H2,1-3H3/b34-23-;. The first kappa shape index (κ1) is 47.7. The number of rotatable bonds is 15. The van der Waals surface area contributed by atoms with Crippen molar-refractivity contribution in [1.29, 1.82) is 0 Å². The maximum absolute atomic E-state index is 12.0. The summed E-state index contributed by atoms with van der Waals surface area (Å²) in [6, 6.07) is 15.3. The number of pyridine rings is 1. The number of hydrogen-bond acceptors (Lipinski definition) is 10. The van der Waals surface area contributed by atoms with Crippen molar-refractivity contribution in [2.45, 2.75) is 94.0 Å². The van der Waals surface area contributed by atoms with Crippen LogP contribution in [0.2, 0.25) is 0 Å². The van der Waals surface area contributed by atoms with Gasteiger partial charge in [0, 0.05) is 43.9 Å². The van der Waals surface area contributed by atoms with Gasteiger partial charge in [-0.05, 0) is 94.9 Å². The van der Waals surface area contributed by atoms with Gasteiger partial charge in [-0.1, -0.05) is 20.4 Å². The predicted octanol–water partition coefficient (Wildman–Crippen LogP) is 8.20. The van der Waals surface area contributed by atoms with E-state index in [4.69, 9.17) is 12.5 Å². The van der Waals surface area contributed by atoms with Crippen molar-refractivity contribution in [1.82, 2.24) is 9.88 Å². The topological polar surface area (TPSA) is 113 Å². The van der Waals surface area contributed by atoms with Crippen LogP contribution in [0, 0.1) is 19.8 Å². The second-order valence-electron chi connectivity index (χ2n) is 17.3. The molecular formula is C50H68BN8O3. The molecule has 4 heterocycles. The van der Waals surface area contributed by atoms with Crippen LogP contribution in [0.5, 0.6) is 0 Å². The van der Waals surface area contributed by atoms with Crippen molar-refractivity contribution in [2.24, 2.45) is 10.9 Å². The Kier molecular flexibility index (Phi) is 17.0. The van der Waals surface area contributed by atoms with E-state index >= 15 is 0 Å². The van der Waals surface area contributed by atoms with Crippen LogP contribution in [0.1, 0.15) is 101 Å². The fourth-order valence-corrected chi connectivity index (χ4v) is 8.15. The molecular weight excluding hydrogens is 771 g/mol. The fraction of sp³-hybridized carbons (Fsp3) is 0.480. The Morgan fingerprint density at radius 3 is 2.19 bits per heavy atom. The molecule has 6 rings (SSSR count). The molecule has 2 N–H and O–H groups in total. The normalized spacial score (nSPS) is 17.2. The number of aryl methyl sites for hydroxylation is 1. The molecule has 0 amide bonds. The average molecular weight is 840 g/mol. The molecule has 1 aromatic heterocycles. The zero-order valence-electron chi connectivity index (χ0n) is 38.7. The summed E-state index contributed by atoms with van der Waals surface area (Å²) >= 11 is 0. The second-order valence-corrected chi connectivity index (χ2v) is 17.3.